The molecule has 9 heteroatoms. The van der Waals surface area contributed by atoms with Crippen LogP contribution in [0.2, 0.25) is 0 Å². The predicted octanol–water partition coefficient (Wildman–Crippen LogP) is 0.795. The van der Waals surface area contributed by atoms with E-state index < -0.39 is 21.6 Å². The number of nitrogens with zero attached hydrogens (tertiary/aromatic N) is 2. The van der Waals surface area contributed by atoms with Gasteiger partial charge in [-0.25, -0.2) is 18.4 Å². The van der Waals surface area contributed by atoms with Crippen LogP contribution < -0.4 is 10.5 Å². The zero-order valence-corrected chi connectivity index (χ0v) is 12.4. The Hall–Kier alpha value is -3.07. The van der Waals surface area contributed by atoms with E-state index in [2.05, 4.69) is 14.7 Å². The normalized spacial score (nSPS) is 13.7. The van der Waals surface area contributed by atoms with Crippen LogP contribution in [0.1, 0.15) is 21.1 Å². The van der Waals surface area contributed by atoms with Crippen molar-refractivity contribution >= 4 is 33.0 Å². The number of benzene rings is 1. The molecule has 0 saturated heterocycles. The lowest BCUT2D eigenvalue weighted by molar-refractivity contribution is 0.102. The number of carbonyl (C=O) groups excluding carboxylic acids is 2. The van der Waals surface area contributed by atoms with Crippen molar-refractivity contribution in [3.05, 3.63) is 54.1 Å². The molecule has 3 N–H and O–H groups in total. The molecule has 0 fully saturated rings. The average Bonchev–Trinajstić information content (AvgIpc) is 2.62. The number of anilines is 2. The van der Waals surface area contributed by atoms with E-state index in [4.69, 9.17) is 5.73 Å². The van der Waals surface area contributed by atoms with Crippen LogP contribution in [-0.4, -0.2) is 30.0 Å². The summed E-state index contributed by atoms with van der Waals surface area (Å²) < 4.78 is 26.9. The van der Waals surface area contributed by atoms with Crippen LogP contribution in [0.4, 0.5) is 11.4 Å². The number of hydrogen-bond donors (Lipinski definition) is 2. The molecule has 0 amide bonds. The molecule has 0 aliphatic carbocycles. The van der Waals surface area contributed by atoms with Crippen molar-refractivity contribution < 1.29 is 18.0 Å². The lowest BCUT2D eigenvalue weighted by Crippen LogP contribution is -2.17. The number of ketones is 2. The predicted molar refractivity (Wildman–Crippen MR) is 81.5 cm³/mol. The van der Waals surface area contributed by atoms with Crippen molar-refractivity contribution in [1.29, 1.82) is 0 Å². The molecule has 0 radical (unpaired) electrons. The first kappa shape index (κ1) is 14.9. The van der Waals surface area contributed by atoms with Gasteiger partial charge in [-0.15, -0.1) is 0 Å². The fourth-order valence-corrected chi connectivity index (χ4v) is 2.97. The summed E-state index contributed by atoms with van der Waals surface area (Å²) in [6.07, 6.45) is 3.17. The Morgan fingerprint density at radius 3 is 2.35 bits per heavy atom. The van der Waals surface area contributed by atoms with Crippen LogP contribution in [0.3, 0.4) is 0 Å². The van der Waals surface area contributed by atoms with Crippen LogP contribution in [0, 0.1) is 0 Å². The van der Waals surface area contributed by atoms with E-state index in [0.29, 0.717) is 5.69 Å². The lowest BCUT2D eigenvalue weighted by atomic mass is 10.2. The van der Waals surface area contributed by atoms with E-state index in [9.17, 15) is 18.0 Å². The van der Waals surface area contributed by atoms with Gasteiger partial charge in [-0.05, 0) is 36.4 Å². The van der Waals surface area contributed by atoms with Crippen LogP contribution >= 0.6 is 0 Å². The summed E-state index contributed by atoms with van der Waals surface area (Å²) in [6, 6.07) is 5.54. The highest BCUT2D eigenvalue weighted by atomic mass is 32.2. The number of allylic oxidation sites excluding steroid dienone is 2. The second-order valence-electron chi connectivity index (χ2n) is 4.69. The van der Waals surface area contributed by atoms with Crippen molar-refractivity contribution in [2.75, 3.05) is 10.5 Å². The molecule has 8 nitrogen and oxygen atoms in total. The number of rotatable bonds is 3. The maximum atomic E-state index is 12.3. The first-order chi connectivity index (χ1) is 10.9. The van der Waals surface area contributed by atoms with E-state index in [0.717, 1.165) is 18.3 Å². The Bertz CT molecular complexity index is 949. The number of sulfonamides is 1. The molecule has 116 valence electrons. The molecule has 0 unspecified atom stereocenters. The Morgan fingerprint density at radius 2 is 1.65 bits per heavy atom. The molecule has 2 bridgehead atoms. The van der Waals surface area contributed by atoms with E-state index in [-0.39, 0.29) is 22.1 Å². The van der Waals surface area contributed by atoms with Gasteiger partial charge in [0, 0.05) is 5.69 Å². The minimum atomic E-state index is -3.95. The number of nitrogens with one attached hydrogen (secondary N) is 1. The lowest BCUT2D eigenvalue weighted by Gasteiger charge is -2.10. The van der Waals surface area contributed by atoms with Gasteiger partial charge in [0.15, 0.2) is 0 Å². The molecule has 23 heavy (non-hydrogen) atoms. The second kappa shape index (κ2) is 5.29. The average molecular weight is 330 g/mol. The Morgan fingerprint density at radius 1 is 1.00 bits per heavy atom. The van der Waals surface area contributed by atoms with E-state index in [1.165, 1.54) is 24.3 Å². The van der Waals surface area contributed by atoms with Gasteiger partial charge in [0.25, 0.3) is 10.0 Å². The van der Waals surface area contributed by atoms with Gasteiger partial charge in [-0.3, -0.25) is 14.3 Å². The molecule has 0 spiro atoms. The summed E-state index contributed by atoms with van der Waals surface area (Å²) in [7, 11) is -3.95. The van der Waals surface area contributed by atoms with Crippen LogP contribution in [0.5, 0.6) is 0 Å². The van der Waals surface area contributed by atoms with Gasteiger partial charge in [0.05, 0.1) is 16.8 Å². The standard InChI is InChI=1S/C14H10N4O4S/c15-8-1-3-9(4-2-8)23(21,22)18-10-7-16-14-12(20)6-5-11(19)13(10)17-14/h1-7,18H,15H2. The molecular weight excluding hydrogens is 320 g/mol. The fourth-order valence-electron chi connectivity index (χ4n) is 1.92. The number of fused-ring (bicyclic) bond motifs is 2. The van der Waals surface area contributed by atoms with Crippen LogP contribution in [-0.2, 0) is 10.0 Å². The van der Waals surface area contributed by atoms with Gasteiger partial charge in [0.1, 0.15) is 5.69 Å². The van der Waals surface area contributed by atoms with Gasteiger partial charge < -0.3 is 5.73 Å². The maximum absolute atomic E-state index is 12.3. The van der Waals surface area contributed by atoms with Gasteiger partial charge in [-0.2, -0.15) is 0 Å². The zero-order chi connectivity index (χ0) is 16.6. The number of nitrogen functional groups attached to an aromatic ring is 1. The summed E-state index contributed by atoms with van der Waals surface area (Å²) in [6.45, 7) is 0. The molecule has 1 aromatic heterocycles. The Labute approximate surface area is 131 Å². The van der Waals surface area contributed by atoms with Gasteiger partial charge in [0.2, 0.25) is 17.4 Å². The van der Waals surface area contributed by atoms with Gasteiger partial charge >= 0.3 is 0 Å². The fraction of sp³-hybridized carbons (Fsp3) is 0. The van der Waals surface area contributed by atoms with Crippen molar-refractivity contribution in [1.82, 2.24) is 9.97 Å². The number of carbonyl (C=O) groups is 2. The van der Waals surface area contributed by atoms with Crippen LogP contribution in [0.25, 0.3) is 0 Å². The van der Waals surface area contributed by atoms with E-state index >= 15 is 0 Å². The summed E-state index contributed by atoms with van der Waals surface area (Å²) in [5.74, 6) is -1.28. The highest BCUT2D eigenvalue weighted by molar-refractivity contribution is 7.92. The zero-order valence-electron chi connectivity index (χ0n) is 11.6. The Balaban J connectivity index is 2.02. The van der Waals surface area contributed by atoms with Crippen molar-refractivity contribution in [2.24, 2.45) is 0 Å². The monoisotopic (exact) mass is 330 g/mol. The maximum Gasteiger partial charge on any atom is 0.262 e. The van der Waals surface area contributed by atoms with Gasteiger partial charge in [-0.1, -0.05) is 0 Å². The minimum Gasteiger partial charge on any atom is -0.399 e. The molecule has 2 aromatic rings. The summed E-state index contributed by atoms with van der Waals surface area (Å²) in [5.41, 5.74) is 5.65. The first-order valence-corrected chi connectivity index (χ1v) is 7.87. The third-order valence-corrected chi connectivity index (χ3v) is 4.44. The van der Waals surface area contributed by atoms with Crippen LogP contribution in [0.15, 0.2) is 47.5 Å². The SMILES string of the molecule is Nc1ccc(S(=O)(=O)Nc2cnc3nc2C(=O)C=CC3=O)cc1. The first-order valence-electron chi connectivity index (χ1n) is 6.39. The number of nitrogens with two attached hydrogens (primary N) is 1. The summed E-state index contributed by atoms with van der Waals surface area (Å²) in [5, 5.41) is 0. The second-order valence-corrected chi connectivity index (χ2v) is 6.37. The topological polar surface area (TPSA) is 132 Å². The molecule has 3 rings (SSSR count). The van der Waals surface area contributed by atoms with Crippen molar-refractivity contribution in [3.63, 3.8) is 0 Å². The smallest absolute Gasteiger partial charge is 0.262 e. The largest absolute Gasteiger partial charge is 0.399 e. The Kier molecular flexibility index (Phi) is 3.41. The van der Waals surface area contributed by atoms with E-state index in [1.54, 1.807) is 0 Å². The third kappa shape index (κ3) is 2.81. The minimum absolute atomic E-state index is 0.0318. The molecular formula is C14H10N4O4S. The van der Waals surface area contributed by atoms with Crippen molar-refractivity contribution in [3.8, 4) is 0 Å². The summed E-state index contributed by atoms with van der Waals surface area (Å²) >= 11 is 0. The quantitative estimate of drug-likeness (QED) is 0.795. The van der Waals surface area contributed by atoms with Crippen molar-refractivity contribution in [2.45, 2.75) is 4.90 Å². The number of aromatic nitrogens is 2. The molecule has 0 saturated carbocycles. The number of hydrogen-bond acceptors (Lipinski definition) is 7. The summed E-state index contributed by atoms with van der Waals surface area (Å²) in [4.78, 5) is 31.0. The molecule has 1 aliphatic rings. The molecule has 1 aliphatic heterocycles. The molecule has 1 aromatic carbocycles. The third-order valence-electron chi connectivity index (χ3n) is 3.06. The van der Waals surface area contributed by atoms with E-state index in [1.807, 2.05) is 0 Å². The molecule has 0 atom stereocenters. The highest BCUT2D eigenvalue weighted by Gasteiger charge is 2.23. The highest BCUT2D eigenvalue weighted by Crippen LogP contribution is 2.21. The molecule has 2 heterocycles.